The second-order valence-electron chi connectivity index (χ2n) is 6.06. The molecule has 2 atom stereocenters. The van der Waals surface area contributed by atoms with E-state index >= 15 is 0 Å². The van der Waals surface area contributed by atoms with E-state index < -0.39 is 6.10 Å². The lowest BCUT2D eigenvalue weighted by Gasteiger charge is -2.26. The molecule has 1 aliphatic heterocycles. The highest BCUT2D eigenvalue weighted by Gasteiger charge is 2.24. The van der Waals surface area contributed by atoms with Crippen molar-refractivity contribution in [3.8, 4) is 0 Å². The molecule has 1 amide bonds. The van der Waals surface area contributed by atoms with E-state index in [2.05, 4.69) is 34.9 Å². The first-order chi connectivity index (χ1) is 11.8. The molecule has 4 nitrogen and oxygen atoms in total. The molecule has 2 aromatic rings. The van der Waals surface area contributed by atoms with Crippen molar-refractivity contribution in [2.45, 2.75) is 25.0 Å². The van der Waals surface area contributed by atoms with Crippen molar-refractivity contribution in [3.63, 3.8) is 0 Å². The van der Waals surface area contributed by atoms with Crippen LogP contribution < -0.4 is 10.6 Å². The normalized spacial score (nSPS) is 18.8. The minimum atomic E-state index is -0.401. The van der Waals surface area contributed by atoms with Crippen LogP contribution in [0, 0.1) is 0 Å². The molecule has 3 rings (SSSR count). The fourth-order valence-corrected chi connectivity index (χ4v) is 2.96. The number of ether oxygens (including phenoxy) is 1. The Balaban J connectivity index is 1.66. The Labute approximate surface area is 143 Å². The summed E-state index contributed by atoms with van der Waals surface area (Å²) < 4.78 is 5.56. The average molecular weight is 324 g/mol. The van der Waals surface area contributed by atoms with Gasteiger partial charge in [-0.05, 0) is 24.0 Å². The van der Waals surface area contributed by atoms with Gasteiger partial charge in [-0.1, -0.05) is 60.7 Å². The Hall–Kier alpha value is -2.17. The monoisotopic (exact) mass is 324 g/mol. The summed E-state index contributed by atoms with van der Waals surface area (Å²) in [5, 5.41) is 6.37. The van der Waals surface area contributed by atoms with E-state index in [1.807, 2.05) is 36.4 Å². The number of nitrogens with one attached hydrogen (secondary N) is 2. The van der Waals surface area contributed by atoms with Crippen molar-refractivity contribution in [2.24, 2.45) is 0 Å². The number of morpholine rings is 1. The number of amides is 1. The molecule has 0 radical (unpaired) electrons. The number of carbonyl (C=O) groups excluding carboxylic acids is 1. The molecule has 1 saturated heterocycles. The zero-order chi connectivity index (χ0) is 16.6. The molecule has 2 unspecified atom stereocenters. The molecular formula is C20H24N2O2. The van der Waals surface area contributed by atoms with Gasteiger partial charge in [0.1, 0.15) is 6.10 Å². The predicted molar refractivity (Wildman–Crippen MR) is 94.7 cm³/mol. The summed E-state index contributed by atoms with van der Waals surface area (Å²) in [6.07, 6.45) is 1.38. The van der Waals surface area contributed by atoms with Crippen molar-refractivity contribution in [1.82, 2.24) is 10.6 Å². The third-order valence-electron chi connectivity index (χ3n) is 4.30. The van der Waals surface area contributed by atoms with Crippen LogP contribution >= 0.6 is 0 Å². The number of hydrogen-bond donors (Lipinski definition) is 2. The summed E-state index contributed by atoms with van der Waals surface area (Å²) in [4.78, 5) is 12.5. The van der Waals surface area contributed by atoms with Gasteiger partial charge in [-0.25, -0.2) is 0 Å². The van der Waals surface area contributed by atoms with Gasteiger partial charge >= 0.3 is 0 Å². The zero-order valence-electron chi connectivity index (χ0n) is 13.8. The topological polar surface area (TPSA) is 50.4 Å². The van der Waals surface area contributed by atoms with Gasteiger partial charge in [0, 0.05) is 13.1 Å². The average Bonchev–Trinajstić information content (AvgIpc) is 2.67. The van der Waals surface area contributed by atoms with E-state index in [4.69, 9.17) is 4.74 Å². The van der Waals surface area contributed by atoms with Crippen molar-refractivity contribution < 1.29 is 9.53 Å². The van der Waals surface area contributed by atoms with E-state index in [-0.39, 0.29) is 11.9 Å². The second-order valence-corrected chi connectivity index (χ2v) is 6.06. The number of rotatable bonds is 6. The van der Waals surface area contributed by atoms with Crippen molar-refractivity contribution in [1.29, 1.82) is 0 Å². The summed E-state index contributed by atoms with van der Waals surface area (Å²) in [5.74, 6) is -0.0379. The van der Waals surface area contributed by atoms with Crippen molar-refractivity contribution in [3.05, 3.63) is 71.8 Å². The zero-order valence-corrected chi connectivity index (χ0v) is 13.8. The Morgan fingerprint density at radius 2 is 1.83 bits per heavy atom. The molecule has 4 heteroatoms. The van der Waals surface area contributed by atoms with Crippen LogP contribution in [0.3, 0.4) is 0 Å². The predicted octanol–water partition coefficient (Wildman–Crippen LogP) is 2.47. The molecule has 2 N–H and O–H groups in total. The number of aryl methyl sites for hydroxylation is 1. The van der Waals surface area contributed by atoms with Crippen LogP contribution in [0.2, 0.25) is 0 Å². The van der Waals surface area contributed by atoms with Gasteiger partial charge in [-0.15, -0.1) is 0 Å². The van der Waals surface area contributed by atoms with Crippen LogP contribution in [-0.4, -0.2) is 31.7 Å². The van der Waals surface area contributed by atoms with Crippen LogP contribution in [-0.2, 0) is 16.0 Å². The molecule has 1 heterocycles. The van der Waals surface area contributed by atoms with Gasteiger partial charge in [-0.3, -0.25) is 4.79 Å². The van der Waals surface area contributed by atoms with Crippen molar-refractivity contribution in [2.75, 3.05) is 19.7 Å². The van der Waals surface area contributed by atoms with Crippen LogP contribution in [0.4, 0.5) is 0 Å². The molecule has 0 aliphatic carbocycles. The molecule has 1 fully saturated rings. The molecule has 0 aromatic heterocycles. The number of carbonyl (C=O) groups is 1. The summed E-state index contributed by atoms with van der Waals surface area (Å²) in [7, 11) is 0. The maximum absolute atomic E-state index is 12.5. The minimum Gasteiger partial charge on any atom is -0.366 e. The fraction of sp³-hybridized carbons (Fsp3) is 0.350. The van der Waals surface area contributed by atoms with Crippen LogP contribution in [0.5, 0.6) is 0 Å². The summed E-state index contributed by atoms with van der Waals surface area (Å²) in [6.45, 7) is 1.96. The molecule has 2 aromatic carbocycles. The van der Waals surface area contributed by atoms with Gasteiger partial charge in [0.05, 0.1) is 12.6 Å². The van der Waals surface area contributed by atoms with E-state index in [1.165, 1.54) is 5.56 Å². The number of hydrogen-bond acceptors (Lipinski definition) is 3. The Bertz CT molecular complexity index is 625. The van der Waals surface area contributed by atoms with Gasteiger partial charge < -0.3 is 15.4 Å². The highest BCUT2D eigenvalue weighted by atomic mass is 16.5. The maximum Gasteiger partial charge on any atom is 0.250 e. The Morgan fingerprint density at radius 1 is 1.12 bits per heavy atom. The van der Waals surface area contributed by atoms with Crippen LogP contribution in [0.25, 0.3) is 0 Å². The summed E-state index contributed by atoms with van der Waals surface area (Å²) >= 11 is 0. The lowest BCUT2D eigenvalue weighted by Crippen LogP contribution is -2.48. The highest BCUT2D eigenvalue weighted by molar-refractivity contribution is 5.81. The minimum absolute atomic E-state index is 0.00978. The summed E-state index contributed by atoms with van der Waals surface area (Å²) in [6, 6.07) is 20.5. The van der Waals surface area contributed by atoms with Gasteiger partial charge in [0.15, 0.2) is 0 Å². The largest absolute Gasteiger partial charge is 0.366 e. The third kappa shape index (κ3) is 4.66. The molecule has 0 spiro atoms. The lowest BCUT2D eigenvalue weighted by atomic mass is 9.98. The van der Waals surface area contributed by atoms with E-state index in [0.717, 1.165) is 24.9 Å². The van der Waals surface area contributed by atoms with E-state index in [1.54, 1.807) is 0 Å². The molecular weight excluding hydrogens is 300 g/mol. The molecule has 0 bridgehead atoms. The van der Waals surface area contributed by atoms with E-state index in [9.17, 15) is 4.79 Å². The Morgan fingerprint density at radius 3 is 2.50 bits per heavy atom. The Kier molecular flexibility index (Phi) is 5.99. The fourth-order valence-electron chi connectivity index (χ4n) is 2.96. The first-order valence-corrected chi connectivity index (χ1v) is 8.54. The lowest BCUT2D eigenvalue weighted by molar-refractivity contribution is -0.135. The quantitative estimate of drug-likeness (QED) is 0.858. The van der Waals surface area contributed by atoms with Crippen LogP contribution in [0.15, 0.2) is 60.7 Å². The summed E-state index contributed by atoms with van der Waals surface area (Å²) in [5.41, 5.74) is 2.41. The molecule has 1 aliphatic rings. The smallest absolute Gasteiger partial charge is 0.250 e. The standard InChI is InChI=1S/C20H24N2O2/c23-20(19-15-21-13-14-24-19)22-18(17-9-5-2-6-10-17)12-11-16-7-3-1-4-8-16/h1-10,18-19,21H,11-15H2,(H,22,23). The van der Waals surface area contributed by atoms with Gasteiger partial charge in [-0.2, -0.15) is 0 Å². The number of benzene rings is 2. The third-order valence-corrected chi connectivity index (χ3v) is 4.30. The SMILES string of the molecule is O=C(NC(CCc1ccccc1)c1ccccc1)C1CNCCO1. The van der Waals surface area contributed by atoms with Crippen molar-refractivity contribution >= 4 is 5.91 Å². The molecule has 0 saturated carbocycles. The second kappa shape index (κ2) is 8.62. The van der Waals surface area contributed by atoms with Crippen LogP contribution in [0.1, 0.15) is 23.6 Å². The molecule has 24 heavy (non-hydrogen) atoms. The van der Waals surface area contributed by atoms with Gasteiger partial charge in [0.25, 0.3) is 5.91 Å². The molecule has 126 valence electrons. The highest BCUT2D eigenvalue weighted by Crippen LogP contribution is 2.19. The van der Waals surface area contributed by atoms with E-state index in [0.29, 0.717) is 13.2 Å². The van der Waals surface area contributed by atoms with Gasteiger partial charge in [0.2, 0.25) is 0 Å². The first kappa shape index (κ1) is 16.7. The maximum atomic E-state index is 12.5. The first-order valence-electron chi connectivity index (χ1n) is 8.54.